The van der Waals surface area contributed by atoms with Gasteiger partial charge in [0.2, 0.25) is 0 Å². The maximum Gasteiger partial charge on any atom is 0.272 e. The minimum atomic E-state index is 0.159. The maximum absolute atomic E-state index is 14.1. The number of aromatic nitrogens is 2. The third-order valence-electron chi connectivity index (χ3n) is 7.91. The Kier molecular flexibility index (Phi) is 4.97. The largest absolute Gasteiger partial charge is 0.329 e. The Balaban J connectivity index is 1.57. The molecule has 2 aliphatic heterocycles. The highest BCUT2D eigenvalue weighted by molar-refractivity contribution is 5.93. The van der Waals surface area contributed by atoms with Gasteiger partial charge in [0.1, 0.15) is 5.69 Å². The molecule has 2 aromatic rings. The van der Waals surface area contributed by atoms with Crippen LogP contribution in [0.4, 0.5) is 0 Å². The Morgan fingerprint density at radius 1 is 1.20 bits per heavy atom. The monoisotopic (exact) mass is 406 g/mol. The number of nitrogens with one attached hydrogen (secondary N) is 1. The standard InChI is InChI=1S/C25H34N4O/c1-17(2)29-20(13-14-26-29)24(30)28-21(15-18-9-5-4-6-10-18)19-16-25(3)22(27-19)11-7-8-12-23(25)28/h4-6,9-10,13-14,17,19,21-23,27H,7-8,11-12,15-16H2,1-3H3/t19-,21-,22-,23+,25-/m0/s1. The van der Waals surface area contributed by atoms with E-state index in [1.807, 2.05) is 10.7 Å². The summed E-state index contributed by atoms with van der Waals surface area (Å²) in [6, 6.07) is 14.1. The molecule has 160 valence electrons. The molecule has 5 nitrogen and oxygen atoms in total. The van der Waals surface area contributed by atoms with Crippen LogP contribution in [0.25, 0.3) is 0 Å². The minimum absolute atomic E-state index is 0.159. The van der Waals surface area contributed by atoms with Crippen molar-refractivity contribution in [3.63, 3.8) is 0 Å². The second-order valence-corrected chi connectivity index (χ2v) is 10.1. The van der Waals surface area contributed by atoms with Crippen molar-refractivity contribution in [2.24, 2.45) is 5.41 Å². The van der Waals surface area contributed by atoms with E-state index in [4.69, 9.17) is 0 Å². The van der Waals surface area contributed by atoms with E-state index >= 15 is 0 Å². The molecule has 2 saturated heterocycles. The number of rotatable bonds is 4. The molecule has 0 unspecified atom stereocenters. The van der Waals surface area contributed by atoms with Gasteiger partial charge >= 0.3 is 0 Å². The van der Waals surface area contributed by atoms with Crippen molar-refractivity contribution in [3.05, 3.63) is 53.9 Å². The third kappa shape index (κ3) is 3.09. The normalized spacial score (nSPS) is 33.0. The van der Waals surface area contributed by atoms with E-state index < -0.39 is 0 Å². The van der Waals surface area contributed by atoms with Gasteiger partial charge in [0, 0.05) is 35.8 Å². The molecule has 2 bridgehead atoms. The first-order valence-corrected chi connectivity index (χ1v) is 11.6. The van der Waals surface area contributed by atoms with Crippen LogP contribution in [0.5, 0.6) is 0 Å². The van der Waals surface area contributed by atoms with E-state index in [1.54, 1.807) is 6.20 Å². The molecule has 0 radical (unpaired) electrons. The third-order valence-corrected chi connectivity index (χ3v) is 7.91. The lowest BCUT2D eigenvalue weighted by molar-refractivity contribution is 0.00215. The van der Waals surface area contributed by atoms with E-state index in [0.29, 0.717) is 12.1 Å². The number of likely N-dealkylation sites (tertiary alicyclic amines) is 1. The van der Waals surface area contributed by atoms with Crippen LogP contribution in [-0.4, -0.2) is 44.8 Å². The number of hydrogen-bond donors (Lipinski definition) is 1. The van der Waals surface area contributed by atoms with Crippen LogP contribution in [0.3, 0.4) is 0 Å². The van der Waals surface area contributed by atoms with Gasteiger partial charge in [0.25, 0.3) is 5.91 Å². The van der Waals surface area contributed by atoms with Crippen molar-refractivity contribution >= 4 is 5.91 Å². The molecule has 1 aliphatic carbocycles. The lowest BCUT2D eigenvalue weighted by Gasteiger charge is -2.51. The average molecular weight is 407 g/mol. The number of carbonyl (C=O) groups excluding carboxylic acids is 1. The van der Waals surface area contributed by atoms with Gasteiger partial charge < -0.3 is 10.2 Å². The predicted octanol–water partition coefficient (Wildman–Crippen LogP) is 4.21. The molecular formula is C25H34N4O. The van der Waals surface area contributed by atoms with Gasteiger partial charge in [-0.25, -0.2) is 0 Å². The minimum Gasteiger partial charge on any atom is -0.329 e. The molecule has 3 fully saturated rings. The summed E-state index contributed by atoms with van der Waals surface area (Å²) in [5.74, 6) is 0.160. The lowest BCUT2D eigenvalue weighted by Crippen LogP contribution is -2.61. The molecule has 1 aromatic heterocycles. The summed E-state index contributed by atoms with van der Waals surface area (Å²) in [7, 11) is 0. The van der Waals surface area contributed by atoms with Crippen LogP contribution in [0.1, 0.15) is 75.0 Å². The fourth-order valence-corrected chi connectivity index (χ4v) is 6.47. The van der Waals surface area contributed by atoms with Crippen LogP contribution in [0, 0.1) is 5.41 Å². The van der Waals surface area contributed by atoms with Crippen molar-refractivity contribution in [2.75, 3.05) is 0 Å². The molecule has 5 rings (SSSR count). The van der Waals surface area contributed by atoms with Crippen LogP contribution < -0.4 is 5.32 Å². The number of benzene rings is 1. The first-order valence-electron chi connectivity index (χ1n) is 11.6. The number of carbonyl (C=O) groups is 1. The van der Waals surface area contributed by atoms with Crippen molar-refractivity contribution in [2.45, 2.75) is 89.5 Å². The highest BCUT2D eigenvalue weighted by atomic mass is 16.2. The number of amides is 1. The van der Waals surface area contributed by atoms with Gasteiger partial charge in [0.15, 0.2) is 0 Å². The maximum atomic E-state index is 14.1. The molecule has 5 heteroatoms. The van der Waals surface area contributed by atoms with Gasteiger partial charge in [0.05, 0.1) is 6.04 Å². The smallest absolute Gasteiger partial charge is 0.272 e. The van der Waals surface area contributed by atoms with Crippen LogP contribution in [0.15, 0.2) is 42.6 Å². The number of hydrogen-bond acceptors (Lipinski definition) is 3. The first-order chi connectivity index (χ1) is 14.5. The Morgan fingerprint density at radius 2 is 1.97 bits per heavy atom. The fourth-order valence-electron chi connectivity index (χ4n) is 6.47. The summed E-state index contributed by atoms with van der Waals surface area (Å²) in [5, 5.41) is 8.45. The zero-order chi connectivity index (χ0) is 20.9. The highest BCUT2D eigenvalue weighted by Gasteiger charge is 2.59. The Bertz CT molecular complexity index is 907. The molecule has 1 aromatic carbocycles. The van der Waals surface area contributed by atoms with Crippen molar-refractivity contribution in [1.82, 2.24) is 20.0 Å². The molecule has 3 aliphatic rings. The summed E-state index contributed by atoms with van der Waals surface area (Å²) in [4.78, 5) is 16.4. The summed E-state index contributed by atoms with van der Waals surface area (Å²) in [6.45, 7) is 6.62. The topological polar surface area (TPSA) is 50.2 Å². The second kappa shape index (κ2) is 7.52. The summed E-state index contributed by atoms with van der Waals surface area (Å²) in [6.07, 6.45) is 8.64. The molecule has 3 heterocycles. The van der Waals surface area contributed by atoms with Gasteiger partial charge in [-0.3, -0.25) is 9.48 Å². The van der Waals surface area contributed by atoms with Gasteiger partial charge in [-0.2, -0.15) is 5.10 Å². The van der Waals surface area contributed by atoms with Crippen LogP contribution in [-0.2, 0) is 6.42 Å². The first kappa shape index (κ1) is 19.8. The lowest BCUT2D eigenvalue weighted by atomic mass is 9.69. The van der Waals surface area contributed by atoms with E-state index in [-0.39, 0.29) is 29.4 Å². The summed E-state index contributed by atoms with van der Waals surface area (Å²) in [5.41, 5.74) is 2.20. The summed E-state index contributed by atoms with van der Waals surface area (Å²) >= 11 is 0. The predicted molar refractivity (Wildman–Crippen MR) is 118 cm³/mol. The van der Waals surface area contributed by atoms with Crippen molar-refractivity contribution in [3.8, 4) is 0 Å². The number of nitrogens with zero attached hydrogens (tertiary/aromatic N) is 3. The van der Waals surface area contributed by atoms with E-state index in [0.717, 1.165) is 18.5 Å². The number of fused-ring (bicyclic) bond motifs is 1. The van der Waals surface area contributed by atoms with E-state index in [1.165, 1.54) is 31.2 Å². The Morgan fingerprint density at radius 3 is 2.73 bits per heavy atom. The average Bonchev–Trinajstić information content (AvgIpc) is 3.30. The summed E-state index contributed by atoms with van der Waals surface area (Å²) < 4.78 is 1.89. The molecule has 0 spiro atoms. The Hall–Kier alpha value is -2.14. The zero-order valence-electron chi connectivity index (χ0n) is 18.4. The zero-order valence-corrected chi connectivity index (χ0v) is 18.4. The van der Waals surface area contributed by atoms with E-state index in [9.17, 15) is 4.79 Å². The quantitative estimate of drug-likeness (QED) is 0.827. The highest BCUT2D eigenvalue weighted by Crippen LogP contribution is 2.51. The van der Waals surface area contributed by atoms with Gasteiger partial charge in [-0.1, -0.05) is 50.1 Å². The SMILES string of the molecule is CC(C)n1nccc1C(=O)N1[C@@H](Cc2ccccc2)[C@@H]2C[C@@]3(C)[C@H](CCCC[C@@H]13)N2. The second-order valence-electron chi connectivity index (χ2n) is 10.1. The molecule has 5 atom stereocenters. The van der Waals surface area contributed by atoms with Crippen LogP contribution >= 0.6 is 0 Å². The van der Waals surface area contributed by atoms with Crippen molar-refractivity contribution in [1.29, 1.82) is 0 Å². The van der Waals surface area contributed by atoms with Crippen molar-refractivity contribution < 1.29 is 4.79 Å². The van der Waals surface area contributed by atoms with Gasteiger partial charge in [-0.05, 0) is 51.2 Å². The van der Waals surface area contributed by atoms with Crippen LogP contribution in [0.2, 0.25) is 0 Å². The van der Waals surface area contributed by atoms with Gasteiger partial charge in [-0.15, -0.1) is 0 Å². The van der Waals surface area contributed by atoms with E-state index in [2.05, 4.69) is 66.4 Å². The molecule has 1 amide bonds. The molecule has 1 saturated carbocycles. The number of piperidine rings is 1. The molecular weight excluding hydrogens is 372 g/mol. The molecule has 30 heavy (non-hydrogen) atoms. The molecule has 1 N–H and O–H groups in total. The Labute approximate surface area is 179 Å². The fraction of sp³-hybridized carbons (Fsp3) is 0.600.